The largest absolute Gasteiger partial charge is 0.332 e. The molecule has 0 aliphatic heterocycles. The minimum Gasteiger partial charge on any atom is -0.332 e. The number of rotatable bonds is 4. The molecule has 2 N–H and O–H groups in total. The minimum atomic E-state index is 0.484. The van der Waals surface area contributed by atoms with Gasteiger partial charge in [-0.15, -0.1) is 0 Å². The molecule has 4 nitrogen and oxygen atoms in total. The van der Waals surface area contributed by atoms with Crippen LogP contribution in [0.4, 0.5) is 11.4 Å². The van der Waals surface area contributed by atoms with Gasteiger partial charge >= 0.3 is 0 Å². The van der Waals surface area contributed by atoms with Crippen molar-refractivity contribution >= 4 is 51.9 Å². The Bertz CT molecular complexity index is 887. The van der Waals surface area contributed by atoms with Crippen molar-refractivity contribution in [1.82, 2.24) is 9.78 Å². The number of para-hydroxylation sites is 1. The topological polar surface area (TPSA) is 41.9 Å². The van der Waals surface area contributed by atoms with Crippen molar-refractivity contribution in [3.05, 3.63) is 76.0 Å². The summed E-state index contributed by atoms with van der Waals surface area (Å²) in [5.74, 6) is 0. The molecular weight excluding hydrogens is 375 g/mol. The Balaban J connectivity index is 1.66. The monoisotopic (exact) mass is 390 g/mol. The molecule has 0 saturated carbocycles. The quantitative estimate of drug-likeness (QED) is 0.588. The first kappa shape index (κ1) is 17.7. The average molecular weight is 391 g/mol. The lowest BCUT2D eigenvalue weighted by Crippen LogP contribution is -2.19. The highest BCUT2D eigenvalue weighted by Crippen LogP contribution is 2.25. The van der Waals surface area contributed by atoms with E-state index >= 15 is 0 Å². The van der Waals surface area contributed by atoms with Gasteiger partial charge in [-0.1, -0.05) is 47.5 Å². The second-order valence-electron chi connectivity index (χ2n) is 5.52. The zero-order valence-corrected chi connectivity index (χ0v) is 15.8. The number of thiocarbonyl (C=S) groups is 1. The van der Waals surface area contributed by atoms with E-state index in [4.69, 9.17) is 35.4 Å². The predicted molar refractivity (Wildman–Crippen MR) is 109 cm³/mol. The van der Waals surface area contributed by atoms with Crippen LogP contribution in [0.2, 0.25) is 10.0 Å². The molecule has 0 saturated heterocycles. The molecule has 25 heavy (non-hydrogen) atoms. The summed E-state index contributed by atoms with van der Waals surface area (Å²) < 4.78 is 1.76. The Morgan fingerprint density at radius 1 is 1.08 bits per heavy atom. The molecule has 0 aliphatic carbocycles. The van der Waals surface area contributed by atoms with Crippen LogP contribution < -0.4 is 10.6 Å². The summed E-state index contributed by atoms with van der Waals surface area (Å²) in [6, 6.07) is 13.4. The van der Waals surface area contributed by atoms with Gasteiger partial charge in [-0.05, 0) is 42.9 Å². The maximum absolute atomic E-state index is 6.20. The average Bonchev–Trinajstić information content (AvgIpc) is 3.00. The fourth-order valence-electron chi connectivity index (χ4n) is 2.36. The normalized spacial score (nSPS) is 10.5. The van der Waals surface area contributed by atoms with E-state index < -0.39 is 0 Å². The molecule has 0 atom stereocenters. The van der Waals surface area contributed by atoms with E-state index in [0.29, 0.717) is 21.7 Å². The summed E-state index contributed by atoms with van der Waals surface area (Å²) in [7, 11) is 0. The first-order valence-corrected chi connectivity index (χ1v) is 8.78. The molecule has 0 spiro atoms. The van der Waals surface area contributed by atoms with E-state index in [0.717, 1.165) is 22.5 Å². The smallest absolute Gasteiger partial charge is 0.175 e. The lowest BCUT2D eigenvalue weighted by Gasteiger charge is -2.11. The second kappa shape index (κ2) is 7.87. The van der Waals surface area contributed by atoms with Crippen LogP contribution in [0, 0.1) is 6.92 Å². The maximum Gasteiger partial charge on any atom is 0.175 e. The van der Waals surface area contributed by atoms with Gasteiger partial charge in [0.15, 0.2) is 5.11 Å². The van der Waals surface area contributed by atoms with E-state index in [-0.39, 0.29) is 0 Å². The zero-order chi connectivity index (χ0) is 17.8. The van der Waals surface area contributed by atoms with Gasteiger partial charge in [-0.25, -0.2) is 0 Å². The first-order valence-electron chi connectivity index (χ1n) is 7.62. The van der Waals surface area contributed by atoms with Crippen molar-refractivity contribution in [3.63, 3.8) is 0 Å². The van der Waals surface area contributed by atoms with Gasteiger partial charge in [0.2, 0.25) is 0 Å². The standard InChI is InChI=1S/C18H16Cl2N4S/c1-12-5-2-3-8-17(12)23-18(25)22-13-9-21-24(10-13)11-14-15(19)6-4-7-16(14)20/h2-10H,11H2,1H3,(H2,22,23,25). The molecule has 1 heterocycles. The lowest BCUT2D eigenvalue weighted by atomic mass is 10.2. The summed E-state index contributed by atoms with van der Waals surface area (Å²) in [6.45, 7) is 2.51. The molecule has 0 unspecified atom stereocenters. The molecule has 128 valence electrons. The third kappa shape index (κ3) is 4.51. The number of aromatic nitrogens is 2. The molecule has 0 aliphatic rings. The van der Waals surface area contributed by atoms with Crippen LogP contribution in [-0.4, -0.2) is 14.9 Å². The van der Waals surface area contributed by atoms with E-state index in [1.807, 2.05) is 55.6 Å². The molecule has 0 radical (unpaired) electrons. The number of nitrogens with zero attached hydrogens (tertiary/aromatic N) is 2. The summed E-state index contributed by atoms with van der Waals surface area (Å²) in [5.41, 5.74) is 3.71. The number of halogens is 2. The Labute approximate surface area is 161 Å². The summed E-state index contributed by atoms with van der Waals surface area (Å²) in [6.07, 6.45) is 3.56. The van der Waals surface area contributed by atoms with Crippen LogP contribution in [0.25, 0.3) is 0 Å². The van der Waals surface area contributed by atoms with Gasteiger partial charge in [-0.2, -0.15) is 5.10 Å². The number of benzene rings is 2. The Morgan fingerprint density at radius 3 is 2.52 bits per heavy atom. The fourth-order valence-corrected chi connectivity index (χ4v) is 3.10. The summed E-state index contributed by atoms with van der Waals surface area (Å²) in [5, 5.41) is 12.4. The van der Waals surface area contributed by atoms with Crippen LogP contribution >= 0.6 is 35.4 Å². The van der Waals surface area contributed by atoms with Crippen molar-refractivity contribution in [2.75, 3.05) is 10.6 Å². The zero-order valence-electron chi connectivity index (χ0n) is 13.5. The maximum atomic E-state index is 6.20. The van der Waals surface area contributed by atoms with Crippen LogP contribution in [0.5, 0.6) is 0 Å². The van der Waals surface area contributed by atoms with Crippen LogP contribution in [0.3, 0.4) is 0 Å². The van der Waals surface area contributed by atoms with E-state index in [2.05, 4.69) is 15.7 Å². The van der Waals surface area contributed by atoms with Crippen LogP contribution in [-0.2, 0) is 6.54 Å². The fraction of sp³-hybridized carbons (Fsp3) is 0.111. The first-order chi connectivity index (χ1) is 12.0. The molecule has 3 aromatic rings. The molecule has 0 fully saturated rings. The number of anilines is 2. The van der Waals surface area contributed by atoms with E-state index in [1.165, 1.54) is 0 Å². The highest BCUT2D eigenvalue weighted by atomic mass is 35.5. The van der Waals surface area contributed by atoms with Crippen LogP contribution in [0.15, 0.2) is 54.9 Å². The van der Waals surface area contributed by atoms with Gasteiger partial charge in [0.05, 0.1) is 18.4 Å². The third-order valence-electron chi connectivity index (χ3n) is 3.67. The van der Waals surface area contributed by atoms with E-state index in [1.54, 1.807) is 10.9 Å². The van der Waals surface area contributed by atoms with Gasteiger partial charge in [0, 0.05) is 27.5 Å². The van der Waals surface area contributed by atoms with Crippen molar-refractivity contribution in [3.8, 4) is 0 Å². The number of hydrogen-bond acceptors (Lipinski definition) is 2. The molecule has 3 rings (SSSR count). The van der Waals surface area contributed by atoms with Gasteiger partial charge in [0.1, 0.15) is 0 Å². The predicted octanol–water partition coefficient (Wildman–Crippen LogP) is 5.36. The summed E-state index contributed by atoms with van der Waals surface area (Å²) in [4.78, 5) is 0. The van der Waals surface area contributed by atoms with E-state index in [9.17, 15) is 0 Å². The van der Waals surface area contributed by atoms with Crippen molar-refractivity contribution in [2.24, 2.45) is 0 Å². The molecule has 1 aromatic heterocycles. The van der Waals surface area contributed by atoms with Crippen molar-refractivity contribution < 1.29 is 0 Å². The van der Waals surface area contributed by atoms with Gasteiger partial charge < -0.3 is 10.6 Å². The minimum absolute atomic E-state index is 0.484. The second-order valence-corrected chi connectivity index (χ2v) is 6.74. The lowest BCUT2D eigenvalue weighted by molar-refractivity contribution is 0.687. The Kier molecular flexibility index (Phi) is 5.58. The molecular formula is C18H16Cl2N4S. The Hall–Kier alpha value is -2.08. The highest BCUT2D eigenvalue weighted by Gasteiger charge is 2.08. The number of hydrogen-bond donors (Lipinski definition) is 2. The number of nitrogens with one attached hydrogen (secondary N) is 2. The van der Waals surface area contributed by atoms with Crippen molar-refractivity contribution in [1.29, 1.82) is 0 Å². The number of aryl methyl sites for hydroxylation is 1. The molecule has 7 heteroatoms. The molecule has 2 aromatic carbocycles. The molecule has 0 amide bonds. The third-order valence-corrected chi connectivity index (χ3v) is 4.58. The van der Waals surface area contributed by atoms with Gasteiger partial charge in [0.25, 0.3) is 0 Å². The highest BCUT2D eigenvalue weighted by molar-refractivity contribution is 7.80. The van der Waals surface area contributed by atoms with Gasteiger partial charge in [-0.3, -0.25) is 4.68 Å². The van der Waals surface area contributed by atoms with Crippen molar-refractivity contribution in [2.45, 2.75) is 13.5 Å². The van der Waals surface area contributed by atoms with Crippen LogP contribution in [0.1, 0.15) is 11.1 Å². The Morgan fingerprint density at radius 2 is 1.80 bits per heavy atom. The summed E-state index contributed by atoms with van der Waals surface area (Å²) >= 11 is 17.8. The SMILES string of the molecule is Cc1ccccc1NC(=S)Nc1cnn(Cc2c(Cl)cccc2Cl)c1. The molecule has 0 bridgehead atoms.